The number of benzene rings is 1. The molecule has 1 aromatic heterocycles. The summed E-state index contributed by atoms with van der Waals surface area (Å²) in [5.41, 5.74) is -0.537. The molecule has 106 valence electrons. The zero-order chi connectivity index (χ0) is 14.8. The molecule has 1 N–H and O–H groups in total. The van der Waals surface area contributed by atoms with Crippen LogP contribution in [0.1, 0.15) is 11.1 Å². The van der Waals surface area contributed by atoms with Crippen LogP contribution in [0.4, 0.5) is 13.2 Å². The molecule has 3 nitrogen and oxygen atoms in total. The van der Waals surface area contributed by atoms with E-state index in [-0.39, 0.29) is 17.0 Å². The standard InChI is InChI=1S/C13H11F3N2OS/c1-17-12(11(8-19)18-6-7-20-18)9-4-2-3-5-10(9)13(14,15)16/h2-8,17H,1H3/b12-11-. The van der Waals surface area contributed by atoms with Crippen molar-refractivity contribution in [2.75, 3.05) is 7.05 Å². The van der Waals surface area contributed by atoms with Crippen molar-refractivity contribution in [1.29, 1.82) is 0 Å². The van der Waals surface area contributed by atoms with Gasteiger partial charge in [-0.2, -0.15) is 13.2 Å². The first-order valence-electron chi connectivity index (χ1n) is 5.65. The third kappa shape index (κ3) is 2.62. The maximum absolute atomic E-state index is 13.0. The van der Waals surface area contributed by atoms with E-state index in [9.17, 15) is 18.0 Å². The Balaban J connectivity index is 2.66. The largest absolute Gasteiger partial charge is 0.417 e. The minimum absolute atomic E-state index is 0.0505. The average Bonchev–Trinajstić information content (AvgIpc) is 2.35. The molecule has 1 aromatic carbocycles. The van der Waals surface area contributed by atoms with Crippen molar-refractivity contribution in [1.82, 2.24) is 9.27 Å². The summed E-state index contributed by atoms with van der Waals surface area (Å²) >= 11 is 1.23. The fourth-order valence-corrected chi connectivity index (χ4v) is 2.32. The number of aldehydes is 1. The third-order valence-corrected chi connectivity index (χ3v) is 3.52. The molecular formula is C13H11F3N2OS. The number of halogens is 3. The molecule has 0 fully saturated rings. The first kappa shape index (κ1) is 14.4. The molecule has 0 amide bonds. The molecule has 1 heterocycles. The van der Waals surface area contributed by atoms with Crippen molar-refractivity contribution in [3.8, 4) is 0 Å². The van der Waals surface area contributed by atoms with E-state index in [0.717, 1.165) is 6.07 Å². The van der Waals surface area contributed by atoms with E-state index in [1.165, 1.54) is 40.7 Å². The summed E-state index contributed by atoms with van der Waals surface area (Å²) in [6, 6.07) is 5.16. The number of nitrogens with one attached hydrogen (secondary N) is 1. The SMILES string of the molecule is CN/C(=C(/C=O)n1ccs1)c1ccccc1C(F)(F)F. The molecule has 7 heteroatoms. The Morgan fingerprint density at radius 3 is 2.45 bits per heavy atom. The van der Waals surface area contributed by atoms with Crippen molar-refractivity contribution in [3.05, 3.63) is 47.0 Å². The number of rotatable bonds is 4. The molecular weight excluding hydrogens is 289 g/mol. The summed E-state index contributed by atoms with van der Waals surface area (Å²) in [6.07, 6.45) is -2.33. The predicted octanol–water partition coefficient (Wildman–Crippen LogP) is 3.31. The molecule has 0 spiro atoms. The van der Waals surface area contributed by atoms with Gasteiger partial charge >= 0.3 is 6.18 Å². The highest BCUT2D eigenvalue weighted by atomic mass is 32.1. The maximum Gasteiger partial charge on any atom is 0.417 e. The van der Waals surface area contributed by atoms with Crippen molar-refractivity contribution in [3.63, 3.8) is 0 Å². The van der Waals surface area contributed by atoms with Gasteiger partial charge in [0.15, 0.2) is 6.29 Å². The molecule has 20 heavy (non-hydrogen) atoms. The summed E-state index contributed by atoms with van der Waals surface area (Å²) in [5.74, 6) is 0. The lowest BCUT2D eigenvalue weighted by Crippen LogP contribution is -2.17. The van der Waals surface area contributed by atoms with Crippen LogP contribution >= 0.6 is 11.5 Å². The van der Waals surface area contributed by atoms with Crippen LogP contribution < -0.4 is 5.32 Å². The Morgan fingerprint density at radius 1 is 1.35 bits per heavy atom. The lowest BCUT2D eigenvalue weighted by atomic mass is 10.0. The van der Waals surface area contributed by atoms with E-state index >= 15 is 0 Å². The zero-order valence-corrected chi connectivity index (χ0v) is 11.3. The quantitative estimate of drug-likeness (QED) is 0.694. The molecule has 0 radical (unpaired) electrons. The normalized spacial score (nSPS) is 13.0. The minimum atomic E-state index is -4.48. The van der Waals surface area contributed by atoms with E-state index in [1.807, 2.05) is 0 Å². The maximum atomic E-state index is 13.0. The molecule has 0 aliphatic heterocycles. The number of hydrogen-bond acceptors (Lipinski definition) is 3. The molecule has 0 bridgehead atoms. The van der Waals surface area contributed by atoms with Crippen LogP contribution in [0.3, 0.4) is 0 Å². The molecule has 0 unspecified atom stereocenters. The van der Waals surface area contributed by atoms with Gasteiger partial charge in [0.25, 0.3) is 0 Å². The molecule has 2 aromatic rings. The molecule has 0 aliphatic carbocycles. The second kappa shape index (κ2) is 5.54. The first-order chi connectivity index (χ1) is 9.49. The number of hydrogen-bond donors (Lipinski definition) is 1. The Morgan fingerprint density at radius 2 is 2.00 bits per heavy atom. The van der Waals surface area contributed by atoms with Gasteiger partial charge in [0, 0.05) is 24.2 Å². The van der Waals surface area contributed by atoms with Crippen LogP contribution in [0, 0.1) is 0 Å². The van der Waals surface area contributed by atoms with Crippen LogP contribution in [0.15, 0.2) is 35.8 Å². The predicted molar refractivity (Wildman–Crippen MR) is 72.0 cm³/mol. The number of carbonyl (C=O) groups excluding carboxylic acids is 1. The summed E-state index contributed by atoms with van der Waals surface area (Å²) in [7, 11) is 1.49. The van der Waals surface area contributed by atoms with Crippen molar-refractivity contribution >= 4 is 29.2 Å². The second-order valence-electron chi connectivity index (χ2n) is 3.89. The topological polar surface area (TPSA) is 34.0 Å². The Bertz CT molecular complexity index is 631. The minimum Gasteiger partial charge on any atom is -0.386 e. The van der Waals surface area contributed by atoms with Gasteiger partial charge in [-0.1, -0.05) is 29.7 Å². The van der Waals surface area contributed by atoms with Crippen molar-refractivity contribution < 1.29 is 18.0 Å². The number of allylic oxidation sites excluding steroid dienone is 1. The molecule has 0 saturated carbocycles. The van der Waals surface area contributed by atoms with Gasteiger partial charge in [-0.25, -0.2) is 0 Å². The number of carbonyl (C=O) groups is 1. The Hall–Kier alpha value is -2.02. The van der Waals surface area contributed by atoms with Gasteiger partial charge in [-0.05, 0) is 6.07 Å². The van der Waals surface area contributed by atoms with Crippen LogP contribution in [0.2, 0.25) is 0 Å². The van der Waals surface area contributed by atoms with Crippen LogP contribution in [-0.4, -0.2) is 17.3 Å². The van der Waals surface area contributed by atoms with E-state index in [1.54, 1.807) is 11.6 Å². The van der Waals surface area contributed by atoms with Crippen LogP contribution in [0.25, 0.3) is 11.4 Å². The lowest BCUT2D eigenvalue weighted by Gasteiger charge is -2.18. The fourth-order valence-electron chi connectivity index (χ4n) is 1.83. The molecule has 0 saturated heterocycles. The van der Waals surface area contributed by atoms with Crippen molar-refractivity contribution in [2.45, 2.75) is 6.18 Å². The number of alkyl halides is 3. The van der Waals surface area contributed by atoms with Crippen LogP contribution in [0.5, 0.6) is 0 Å². The Kier molecular flexibility index (Phi) is 3.99. The van der Waals surface area contributed by atoms with Gasteiger partial charge < -0.3 is 5.32 Å². The average molecular weight is 300 g/mol. The second-order valence-corrected chi connectivity index (χ2v) is 4.76. The van der Waals surface area contributed by atoms with Gasteiger partial charge in [-0.3, -0.25) is 8.75 Å². The van der Waals surface area contributed by atoms with Crippen molar-refractivity contribution in [2.24, 2.45) is 0 Å². The third-order valence-electron chi connectivity index (χ3n) is 2.73. The van der Waals surface area contributed by atoms with E-state index in [4.69, 9.17) is 0 Å². The Labute approximate surface area is 117 Å². The lowest BCUT2D eigenvalue weighted by molar-refractivity contribution is -0.137. The van der Waals surface area contributed by atoms with Gasteiger partial charge in [0.2, 0.25) is 0 Å². The summed E-state index contributed by atoms with van der Waals surface area (Å²) < 4.78 is 40.6. The van der Waals surface area contributed by atoms with E-state index < -0.39 is 11.7 Å². The van der Waals surface area contributed by atoms with E-state index in [0.29, 0.717) is 6.29 Å². The highest BCUT2D eigenvalue weighted by Gasteiger charge is 2.34. The first-order valence-corrected chi connectivity index (χ1v) is 6.49. The molecule has 0 aliphatic rings. The summed E-state index contributed by atoms with van der Waals surface area (Å²) in [4.78, 5) is 11.2. The molecule has 2 rings (SSSR count). The summed E-state index contributed by atoms with van der Waals surface area (Å²) in [6.45, 7) is 0. The highest BCUT2D eigenvalue weighted by Crippen LogP contribution is 2.35. The van der Waals surface area contributed by atoms with Crippen LogP contribution in [-0.2, 0) is 11.0 Å². The van der Waals surface area contributed by atoms with E-state index in [2.05, 4.69) is 5.32 Å². The smallest absolute Gasteiger partial charge is 0.386 e. The van der Waals surface area contributed by atoms with Gasteiger partial charge in [0.1, 0.15) is 5.70 Å². The number of nitrogens with zero attached hydrogens (tertiary/aromatic N) is 1. The fraction of sp³-hybridized carbons (Fsp3) is 0.154. The summed E-state index contributed by atoms with van der Waals surface area (Å²) in [5, 5.41) is 4.42. The van der Waals surface area contributed by atoms with Gasteiger partial charge in [-0.15, -0.1) is 0 Å². The van der Waals surface area contributed by atoms with Gasteiger partial charge in [0.05, 0.1) is 11.3 Å². The highest BCUT2D eigenvalue weighted by molar-refractivity contribution is 7.06. The monoisotopic (exact) mass is 300 g/mol. The number of aromatic nitrogens is 1. The molecule has 0 atom stereocenters. The zero-order valence-electron chi connectivity index (χ0n) is 10.4.